The second-order valence-corrected chi connectivity index (χ2v) is 5.56. The van der Waals surface area contributed by atoms with Gasteiger partial charge in [0.1, 0.15) is 5.75 Å². The number of nitrogens with one attached hydrogen (secondary N) is 1. The number of ether oxygens (including phenoxy) is 1. The zero-order chi connectivity index (χ0) is 15.5. The molecule has 2 aromatic rings. The molecule has 0 aromatic heterocycles. The van der Waals surface area contributed by atoms with E-state index in [1.165, 1.54) is 11.1 Å². The lowest BCUT2D eigenvalue weighted by Crippen LogP contribution is -2.47. The Morgan fingerprint density at radius 2 is 2.09 bits per heavy atom. The monoisotopic (exact) mass is 296 g/mol. The van der Waals surface area contributed by atoms with Gasteiger partial charge >= 0.3 is 0 Å². The number of nitrogens with zero attached hydrogens (tertiary/aromatic N) is 1. The summed E-state index contributed by atoms with van der Waals surface area (Å²) < 4.78 is 5.82. The van der Waals surface area contributed by atoms with Crippen molar-refractivity contribution in [2.45, 2.75) is 19.6 Å². The number of carbonyl (C=O) groups is 1. The Kier molecular flexibility index (Phi) is 4.00. The Morgan fingerprint density at radius 3 is 2.86 bits per heavy atom. The fourth-order valence-electron chi connectivity index (χ4n) is 2.79. The van der Waals surface area contributed by atoms with Gasteiger partial charge in [0.2, 0.25) is 0 Å². The van der Waals surface area contributed by atoms with E-state index < -0.39 is 6.10 Å². The molecular weight excluding hydrogens is 276 g/mol. The number of likely N-dealkylation sites (N-methyl/N-ethyl adjacent to an activating group) is 1. The van der Waals surface area contributed by atoms with Gasteiger partial charge in [0.15, 0.2) is 6.10 Å². The third kappa shape index (κ3) is 2.91. The van der Waals surface area contributed by atoms with Crippen molar-refractivity contribution >= 4 is 11.6 Å². The van der Waals surface area contributed by atoms with Crippen molar-refractivity contribution in [1.29, 1.82) is 0 Å². The number of para-hydroxylation sites is 2. The number of amides is 1. The molecule has 114 valence electrons. The van der Waals surface area contributed by atoms with Gasteiger partial charge in [-0.1, -0.05) is 42.0 Å². The topological polar surface area (TPSA) is 41.6 Å². The standard InChI is InChI=1S/C18H20N2O2/c1-13-6-5-7-14(10-13)11-20-12-17(18(21)19-2)22-16-9-4-3-8-15(16)20/h3-10,17H,11-12H2,1-2H3,(H,19,21)/t17-/m1/s1. The first-order valence-electron chi connectivity index (χ1n) is 7.45. The minimum absolute atomic E-state index is 0.0938. The van der Waals surface area contributed by atoms with Crippen LogP contribution in [-0.2, 0) is 11.3 Å². The highest BCUT2D eigenvalue weighted by molar-refractivity contribution is 5.83. The molecule has 1 aliphatic heterocycles. The molecule has 1 N–H and O–H groups in total. The molecule has 3 rings (SSSR count). The van der Waals surface area contributed by atoms with E-state index in [1.807, 2.05) is 24.3 Å². The second kappa shape index (κ2) is 6.10. The minimum Gasteiger partial charge on any atom is -0.477 e. The molecule has 0 fully saturated rings. The quantitative estimate of drug-likeness (QED) is 0.946. The first kappa shape index (κ1) is 14.4. The summed E-state index contributed by atoms with van der Waals surface area (Å²) in [6.45, 7) is 3.39. The summed E-state index contributed by atoms with van der Waals surface area (Å²) in [6.07, 6.45) is -0.482. The lowest BCUT2D eigenvalue weighted by molar-refractivity contribution is -0.127. The molecule has 0 saturated carbocycles. The Labute approximate surface area is 130 Å². The van der Waals surface area contributed by atoms with Crippen molar-refractivity contribution in [2.24, 2.45) is 0 Å². The van der Waals surface area contributed by atoms with Crippen LogP contribution in [0, 0.1) is 6.92 Å². The fourth-order valence-corrected chi connectivity index (χ4v) is 2.79. The van der Waals surface area contributed by atoms with Crippen LogP contribution >= 0.6 is 0 Å². The Morgan fingerprint density at radius 1 is 1.27 bits per heavy atom. The average Bonchev–Trinajstić information content (AvgIpc) is 2.54. The molecule has 0 radical (unpaired) electrons. The summed E-state index contributed by atoms with van der Waals surface area (Å²) in [4.78, 5) is 14.2. The highest BCUT2D eigenvalue weighted by Crippen LogP contribution is 2.34. The van der Waals surface area contributed by atoms with Crippen molar-refractivity contribution in [2.75, 3.05) is 18.5 Å². The molecule has 4 heteroatoms. The molecule has 1 aliphatic rings. The number of fused-ring (bicyclic) bond motifs is 1. The van der Waals surface area contributed by atoms with Crippen molar-refractivity contribution < 1.29 is 9.53 Å². The number of anilines is 1. The molecule has 22 heavy (non-hydrogen) atoms. The van der Waals surface area contributed by atoms with Crippen molar-refractivity contribution in [1.82, 2.24) is 5.32 Å². The Bertz CT molecular complexity index is 684. The maximum atomic E-state index is 12.0. The van der Waals surface area contributed by atoms with E-state index >= 15 is 0 Å². The molecule has 0 bridgehead atoms. The molecule has 0 aliphatic carbocycles. The molecule has 2 aromatic carbocycles. The third-order valence-corrected chi connectivity index (χ3v) is 3.86. The van der Waals surface area contributed by atoms with Gasteiger partial charge in [0.05, 0.1) is 12.2 Å². The van der Waals surface area contributed by atoms with E-state index in [-0.39, 0.29) is 5.91 Å². The summed E-state index contributed by atoms with van der Waals surface area (Å²) in [5, 5.41) is 2.67. The zero-order valence-corrected chi connectivity index (χ0v) is 12.9. The van der Waals surface area contributed by atoms with Crippen LogP contribution < -0.4 is 15.0 Å². The van der Waals surface area contributed by atoms with E-state index in [0.717, 1.165) is 18.0 Å². The summed E-state index contributed by atoms with van der Waals surface area (Å²) in [7, 11) is 1.64. The predicted octanol–water partition coefficient (Wildman–Crippen LogP) is 2.51. The van der Waals surface area contributed by atoms with Gasteiger partial charge in [-0.3, -0.25) is 4.79 Å². The van der Waals surface area contributed by atoms with E-state index in [0.29, 0.717) is 6.54 Å². The normalized spacial score (nSPS) is 16.6. The largest absolute Gasteiger partial charge is 0.477 e. The van der Waals surface area contributed by atoms with Crippen LogP contribution in [0.15, 0.2) is 48.5 Å². The van der Waals surface area contributed by atoms with Gasteiger partial charge in [-0.2, -0.15) is 0 Å². The lowest BCUT2D eigenvalue weighted by atomic mass is 10.1. The van der Waals surface area contributed by atoms with Crippen LogP contribution in [0.5, 0.6) is 5.75 Å². The van der Waals surface area contributed by atoms with E-state index in [1.54, 1.807) is 7.05 Å². The molecule has 1 amide bonds. The van der Waals surface area contributed by atoms with E-state index in [9.17, 15) is 4.79 Å². The average molecular weight is 296 g/mol. The fraction of sp³-hybridized carbons (Fsp3) is 0.278. The molecular formula is C18H20N2O2. The van der Waals surface area contributed by atoms with Gasteiger partial charge in [-0.25, -0.2) is 0 Å². The van der Waals surface area contributed by atoms with Gasteiger partial charge in [0.25, 0.3) is 5.91 Å². The van der Waals surface area contributed by atoms with Crippen LogP contribution in [0.2, 0.25) is 0 Å². The number of hydrogen-bond donors (Lipinski definition) is 1. The number of aryl methyl sites for hydroxylation is 1. The van der Waals surface area contributed by atoms with E-state index in [4.69, 9.17) is 4.74 Å². The van der Waals surface area contributed by atoms with Crippen LogP contribution in [0.3, 0.4) is 0 Å². The molecule has 4 nitrogen and oxygen atoms in total. The van der Waals surface area contributed by atoms with Crippen LogP contribution in [0.25, 0.3) is 0 Å². The Hall–Kier alpha value is -2.49. The lowest BCUT2D eigenvalue weighted by Gasteiger charge is -2.35. The zero-order valence-electron chi connectivity index (χ0n) is 12.9. The number of carbonyl (C=O) groups excluding carboxylic acids is 1. The summed E-state index contributed by atoms with van der Waals surface area (Å²) in [6, 6.07) is 16.3. The first-order valence-corrected chi connectivity index (χ1v) is 7.45. The molecule has 0 saturated heterocycles. The summed E-state index contributed by atoms with van der Waals surface area (Å²) >= 11 is 0. The third-order valence-electron chi connectivity index (χ3n) is 3.86. The van der Waals surface area contributed by atoms with Crippen LogP contribution in [-0.4, -0.2) is 25.6 Å². The van der Waals surface area contributed by atoms with Crippen LogP contribution in [0.4, 0.5) is 5.69 Å². The molecule has 0 spiro atoms. The van der Waals surface area contributed by atoms with E-state index in [2.05, 4.69) is 41.4 Å². The number of rotatable bonds is 3. The van der Waals surface area contributed by atoms with Gasteiger partial charge < -0.3 is 15.0 Å². The van der Waals surface area contributed by atoms with Gasteiger partial charge in [-0.15, -0.1) is 0 Å². The second-order valence-electron chi connectivity index (χ2n) is 5.56. The first-order chi connectivity index (χ1) is 10.7. The smallest absolute Gasteiger partial charge is 0.262 e. The van der Waals surface area contributed by atoms with Crippen molar-refractivity contribution in [3.05, 3.63) is 59.7 Å². The predicted molar refractivity (Wildman–Crippen MR) is 87.2 cm³/mol. The summed E-state index contributed by atoms with van der Waals surface area (Å²) in [5.41, 5.74) is 3.50. The van der Waals surface area contributed by atoms with Crippen molar-refractivity contribution in [3.8, 4) is 5.75 Å². The van der Waals surface area contributed by atoms with Crippen LogP contribution in [0.1, 0.15) is 11.1 Å². The highest BCUT2D eigenvalue weighted by atomic mass is 16.5. The number of benzene rings is 2. The maximum Gasteiger partial charge on any atom is 0.262 e. The SMILES string of the molecule is CNC(=O)[C@H]1CN(Cc2cccc(C)c2)c2ccccc2O1. The van der Waals surface area contributed by atoms with Gasteiger partial charge in [0, 0.05) is 13.6 Å². The minimum atomic E-state index is -0.482. The molecule has 1 atom stereocenters. The molecule has 0 unspecified atom stereocenters. The highest BCUT2D eigenvalue weighted by Gasteiger charge is 2.29. The maximum absolute atomic E-state index is 12.0. The van der Waals surface area contributed by atoms with Crippen molar-refractivity contribution in [3.63, 3.8) is 0 Å². The van der Waals surface area contributed by atoms with Gasteiger partial charge in [-0.05, 0) is 24.6 Å². The summed E-state index contributed by atoms with van der Waals surface area (Å²) in [5.74, 6) is 0.666. The number of hydrogen-bond acceptors (Lipinski definition) is 3. The Balaban J connectivity index is 1.89. The molecule has 1 heterocycles.